The number of nitrogens with zero attached hydrogens (tertiary/aromatic N) is 2. The Labute approximate surface area is 134 Å². The Kier molecular flexibility index (Phi) is 5.57. The summed E-state index contributed by atoms with van der Waals surface area (Å²) in [6, 6.07) is 15.1. The third-order valence-corrected chi connectivity index (χ3v) is 3.21. The second-order valence-electron chi connectivity index (χ2n) is 4.92. The molecule has 0 aliphatic heterocycles. The summed E-state index contributed by atoms with van der Waals surface area (Å²) in [6.45, 7) is 2.03. The largest absolute Gasteiger partial charge is 0.271 e. The van der Waals surface area contributed by atoms with E-state index in [4.69, 9.17) is 0 Å². The lowest BCUT2D eigenvalue weighted by Gasteiger charge is -2.06. The predicted octanol–water partition coefficient (Wildman–Crippen LogP) is 3.53. The summed E-state index contributed by atoms with van der Waals surface area (Å²) in [7, 11) is 0. The van der Waals surface area contributed by atoms with Gasteiger partial charge < -0.3 is 0 Å². The summed E-state index contributed by atoms with van der Waals surface area (Å²) >= 11 is 0. The van der Waals surface area contributed by atoms with Gasteiger partial charge in [-0.15, -0.1) is 0 Å². The predicted molar refractivity (Wildman–Crippen MR) is 88.4 cm³/mol. The van der Waals surface area contributed by atoms with E-state index in [0.29, 0.717) is 0 Å². The fraction of sp³-hybridized carbons (Fsp3) is 0.176. The van der Waals surface area contributed by atoms with Crippen LogP contribution in [-0.2, 0) is 0 Å². The van der Waals surface area contributed by atoms with Crippen molar-refractivity contribution in [3.8, 4) is 0 Å². The zero-order valence-corrected chi connectivity index (χ0v) is 12.7. The van der Waals surface area contributed by atoms with Crippen LogP contribution in [0.5, 0.6) is 0 Å². The zero-order valence-electron chi connectivity index (χ0n) is 12.7. The van der Waals surface area contributed by atoms with Gasteiger partial charge in [-0.25, -0.2) is 5.43 Å². The Morgan fingerprint density at radius 1 is 1.13 bits per heavy atom. The van der Waals surface area contributed by atoms with Gasteiger partial charge in [-0.3, -0.25) is 14.9 Å². The average molecular weight is 311 g/mol. The van der Waals surface area contributed by atoms with Crippen molar-refractivity contribution in [2.24, 2.45) is 5.10 Å². The van der Waals surface area contributed by atoms with Crippen molar-refractivity contribution in [1.82, 2.24) is 5.43 Å². The third kappa shape index (κ3) is 4.47. The van der Waals surface area contributed by atoms with Gasteiger partial charge in [0.1, 0.15) is 0 Å². The quantitative estimate of drug-likeness (QED) is 0.503. The first-order chi connectivity index (χ1) is 11.1. The molecule has 0 atom stereocenters. The number of nitro benzene ring substituents is 1. The second-order valence-corrected chi connectivity index (χ2v) is 4.92. The van der Waals surface area contributed by atoms with Crippen molar-refractivity contribution in [3.05, 3.63) is 75.8 Å². The molecular weight excluding hydrogens is 294 g/mol. The molecule has 2 rings (SSSR count). The van der Waals surface area contributed by atoms with Gasteiger partial charge in [-0.2, -0.15) is 5.10 Å². The van der Waals surface area contributed by atoms with Gasteiger partial charge in [0.05, 0.1) is 10.6 Å². The van der Waals surface area contributed by atoms with Crippen LogP contribution in [-0.4, -0.2) is 16.5 Å². The molecule has 1 amide bonds. The Hall–Kier alpha value is -3.02. The van der Waals surface area contributed by atoms with Gasteiger partial charge in [-0.05, 0) is 18.1 Å². The highest BCUT2D eigenvalue weighted by molar-refractivity contribution is 6.02. The number of nitrogens with one attached hydrogen (secondary N) is 1. The molecule has 0 fully saturated rings. The van der Waals surface area contributed by atoms with Gasteiger partial charge in [0, 0.05) is 17.7 Å². The lowest BCUT2D eigenvalue weighted by atomic mass is 10.1. The Balaban J connectivity index is 2.17. The van der Waals surface area contributed by atoms with Crippen molar-refractivity contribution in [2.45, 2.75) is 19.8 Å². The monoisotopic (exact) mass is 311 g/mol. The maximum absolute atomic E-state index is 12.1. The third-order valence-electron chi connectivity index (χ3n) is 3.21. The van der Waals surface area contributed by atoms with Crippen LogP contribution in [0, 0.1) is 10.1 Å². The van der Waals surface area contributed by atoms with Gasteiger partial charge in [-0.1, -0.05) is 49.7 Å². The maximum atomic E-state index is 12.1. The summed E-state index contributed by atoms with van der Waals surface area (Å²) in [5.74, 6) is -0.474. The fourth-order valence-electron chi connectivity index (χ4n) is 2.08. The summed E-state index contributed by atoms with van der Waals surface area (Å²) in [6.07, 6.45) is 1.61. The normalized spacial score (nSPS) is 11.1. The van der Waals surface area contributed by atoms with E-state index in [1.165, 1.54) is 24.3 Å². The molecule has 0 aromatic heterocycles. The number of rotatable bonds is 6. The lowest BCUT2D eigenvalue weighted by Crippen LogP contribution is -2.20. The molecule has 6 heteroatoms. The van der Waals surface area contributed by atoms with Crippen LogP contribution in [0.4, 0.5) is 5.69 Å². The number of nitro groups is 1. The molecule has 0 saturated carbocycles. The van der Waals surface area contributed by atoms with Crippen LogP contribution in [0.25, 0.3) is 0 Å². The minimum absolute atomic E-state index is 0.126. The topological polar surface area (TPSA) is 84.6 Å². The number of hydrogen-bond acceptors (Lipinski definition) is 4. The molecule has 0 aliphatic rings. The van der Waals surface area contributed by atoms with Crippen molar-refractivity contribution in [1.29, 1.82) is 0 Å². The van der Waals surface area contributed by atoms with Gasteiger partial charge >= 0.3 is 0 Å². The molecule has 23 heavy (non-hydrogen) atoms. The van der Waals surface area contributed by atoms with E-state index >= 15 is 0 Å². The summed E-state index contributed by atoms with van der Waals surface area (Å²) < 4.78 is 0. The number of non-ortho nitro benzene ring substituents is 1. The van der Waals surface area contributed by atoms with Gasteiger partial charge in [0.25, 0.3) is 11.6 Å². The maximum Gasteiger partial charge on any atom is 0.271 e. The van der Waals surface area contributed by atoms with E-state index in [1.807, 2.05) is 37.3 Å². The molecule has 6 nitrogen and oxygen atoms in total. The van der Waals surface area contributed by atoms with Crippen molar-refractivity contribution in [2.75, 3.05) is 0 Å². The minimum atomic E-state index is -0.535. The van der Waals surface area contributed by atoms with Crippen molar-refractivity contribution >= 4 is 17.3 Å². The van der Waals surface area contributed by atoms with Gasteiger partial charge in [0.15, 0.2) is 0 Å². The number of hydrazone groups is 1. The SMILES string of the molecule is CCC/C(=N/NC(=O)c1cccc([N+](=O)[O-])c1)c1ccccc1. The minimum Gasteiger partial charge on any atom is -0.267 e. The Bertz CT molecular complexity index is 727. The van der Waals surface area contributed by atoms with Crippen LogP contribution in [0.2, 0.25) is 0 Å². The molecule has 0 unspecified atom stereocenters. The van der Waals surface area contributed by atoms with Crippen LogP contribution in [0.3, 0.4) is 0 Å². The first kappa shape index (κ1) is 16.4. The molecule has 0 aliphatic carbocycles. The number of hydrogen-bond donors (Lipinski definition) is 1. The molecule has 2 aromatic carbocycles. The van der Waals surface area contributed by atoms with Crippen LogP contribution >= 0.6 is 0 Å². The first-order valence-corrected chi connectivity index (χ1v) is 7.28. The number of carbonyl (C=O) groups is 1. The second kappa shape index (κ2) is 7.84. The van der Waals surface area contributed by atoms with Crippen LogP contribution < -0.4 is 5.43 Å². The van der Waals surface area contributed by atoms with Gasteiger partial charge in [0.2, 0.25) is 0 Å². The van der Waals surface area contributed by atoms with E-state index in [9.17, 15) is 14.9 Å². The molecule has 2 aromatic rings. The highest BCUT2D eigenvalue weighted by Gasteiger charge is 2.11. The molecule has 0 heterocycles. The first-order valence-electron chi connectivity index (χ1n) is 7.28. The molecular formula is C17H17N3O3. The summed E-state index contributed by atoms with van der Waals surface area (Å²) in [5, 5.41) is 14.9. The fourth-order valence-corrected chi connectivity index (χ4v) is 2.08. The number of amides is 1. The zero-order chi connectivity index (χ0) is 16.7. The van der Waals surface area contributed by atoms with Crippen molar-refractivity contribution < 1.29 is 9.72 Å². The molecule has 0 radical (unpaired) electrons. The standard InChI is InChI=1S/C17H17N3O3/c1-2-7-16(13-8-4-3-5-9-13)18-19-17(21)14-10-6-11-15(12-14)20(22)23/h3-6,8-12H,2,7H2,1H3,(H,19,21)/b18-16-. The number of benzene rings is 2. The van der Waals surface area contributed by atoms with Crippen molar-refractivity contribution in [3.63, 3.8) is 0 Å². The molecule has 0 saturated heterocycles. The lowest BCUT2D eigenvalue weighted by molar-refractivity contribution is -0.384. The average Bonchev–Trinajstić information content (AvgIpc) is 2.59. The van der Waals surface area contributed by atoms with Crippen LogP contribution in [0.15, 0.2) is 59.7 Å². The highest BCUT2D eigenvalue weighted by Crippen LogP contribution is 2.13. The summed E-state index contributed by atoms with van der Waals surface area (Å²) in [4.78, 5) is 22.3. The smallest absolute Gasteiger partial charge is 0.267 e. The molecule has 0 spiro atoms. The molecule has 0 bridgehead atoms. The van der Waals surface area contributed by atoms with E-state index in [1.54, 1.807) is 0 Å². The highest BCUT2D eigenvalue weighted by atomic mass is 16.6. The summed E-state index contributed by atoms with van der Waals surface area (Å²) in [5.41, 5.74) is 4.26. The van der Waals surface area contributed by atoms with E-state index in [0.717, 1.165) is 24.1 Å². The number of carbonyl (C=O) groups excluding carboxylic acids is 1. The molecule has 1 N–H and O–H groups in total. The van der Waals surface area contributed by atoms with Crippen LogP contribution in [0.1, 0.15) is 35.7 Å². The molecule has 118 valence electrons. The Morgan fingerprint density at radius 2 is 1.83 bits per heavy atom. The van der Waals surface area contributed by atoms with E-state index in [2.05, 4.69) is 10.5 Å². The van der Waals surface area contributed by atoms with E-state index < -0.39 is 10.8 Å². The van der Waals surface area contributed by atoms with E-state index in [-0.39, 0.29) is 11.3 Å². The Morgan fingerprint density at radius 3 is 2.48 bits per heavy atom.